The van der Waals surface area contributed by atoms with E-state index in [1.54, 1.807) is 97.1 Å². The molecule has 0 unspecified atom stereocenters. The average molecular weight is 627 g/mol. The minimum Gasteiger partial charge on any atom is -0.489 e. The van der Waals surface area contributed by atoms with Crippen molar-refractivity contribution in [1.29, 1.82) is 0 Å². The Bertz CT molecular complexity index is 1470. The van der Waals surface area contributed by atoms with Gasteiger partial charge >= 0.3 is 12.1 Å². The molecule has 0 spiro atoms. The molecule has 45 heavy (non-hydrogen) atoms. The van der Waals surface area contributed by atoms with E-state index in [-0.39, 0.29) is 18.3 Å². The number of rotatable bonds is 11. The number of anilines is 2. The van der Waals surface area contributed by atoms with Crippen molar-refractivity contribution < 1.29 is 32.6 Å². The predicted octanol–water partition coefficient (Wildman–Crippen LogP) is 8.49. The van der Waals surface area contributed by atoms with E-state index >= 15 is 0 Å². The lowest BCUT2D eigenvalue weighted by atomic mass is 9.91. The van der Waals surface area contributed by atoms with Crippen molar-refractivity contribution in [2.24, 2.45) is 5.92 Å². The molecule has 9 nitrogen and oxygen atoms in total. The summed E-state index contributed by atoms with van der Waals surface area (Å²) in [6, 6.07) is 13.1. The highest BCUT2D eigenvalue weighted by Crippen LogP contribution is 2.32. The first-order chi connectivity index (χ1) is 20.8. The molecule has 2 N–H and O–H groups in total. The van der Waals surface area contributed by atoms with Gasteiger partial charge < -0.3 is 24.8 Å². The van der Waals surface area contributed by atoms with Crippen molar-refractivity contribution in [1.82, 2.24) is 15.3 Å². The Labute approximate surface area is 264 Å². The molecule has 0 aliphatic heterocycles. The molecule has 11 heteroatoms. The molecule has 1 amide bonds. The van der Waals surface area contributed by atoms with Crippen LogP contribution in [0.2, 0.25) is 0 Å². The second-order valence-corrected chi connectivity index (χ2v) is 13.6. The maximum Gasteiger partial charge on any atom is 0.408 e. The summed E-state index contributed by atoms with van der Waals surface area (Å²) in [5.74, 6) is 0.135. The Kier molecular flexibility index (Phi) is 11.1. The van der Waals surface area contributed by atoms with Crippen LogP contribution in [0.3, 0.4) is 0 Å². The number of halogens is 2. The molecular formula is C34H44F2N4O5. The molecule has 1 atom stereocenters. The molecule has 0 aliphatic carbocycles. The zero-order valence-corrected chi connectivity index (χ0v) is 27.5. The van der Waals surface area contributed by atoms with E-state index in [0.29, 0.717) is 34.7 Å². The van der Waals surface area contributed by atoms with Crippen LogP contribution in [-0.2, 0) is 9.47 Å². The first-order valence-corrected chi connectivity index (χ1v) is 14.8. The van der Waals surface area contributed by atoms with Crippen LogP contribution in [0.1, 0.15) is 91.2 Å². The molecule has 0 saturated carbocycles. The number of pyridine rings is 2. The van der Waals surface area contributed by atoms with Gasteiger partial charge in [0.25, 0.3) is 6.43 Å². The van der Waals surface area contributed by atoms with Gasteiger partial charge in [0.2, 0.25) is 0 Å². The predicted molar refractivity (Wildman–Crippen MR) is 170 cm³/mol. The highest BCUT2D eigenvalue weighted by atomic mass is 19.3. The van der Waals surface area contributed by atoms with Crippen LogP contribution >= 0.6 is 0 Å². The molecule has 0 aliphatic rings. The second kappa shape index (κ2) is 14.2. The summed E-state index contributed by atoms with van der Waals surface area (Å²) < 4.78 is 45.1. The fourth-order valence-electron chi connectivity index (χ4n) is 4.57. The molecule has 0 radical (unpaired) electrons. The maximum absolute atomic E-state index is 14.2. The zero-order chi connectivity index (χ0) is 33.6. The number of amides is 1. The highest BCUT2D eigenvalue weighted by molar-refractivity contribution is 5.90. The minimum atomic E-state index is -2.90. The summed E-state index contributed by atoms with van der Waals surface area (Å²) >= 11 is 0. The van der Waals surface area contributed by atoms with E-state index in [9.17, 15) is 18.4 Å². The van der Waals surface area contributed by atoms with Gasteiger partial charge in [0.15, 0.2) is 0 Å². The number of nitrogens with zero attached hydrogens (tertiary/aromatic N) is 2. The number of esters is 1. The Morgan fingerprint density at radius 3 is 2.11 bits per heavy atom. The molecule has 1 aromatic carbocycles. The number of hydrogen-bond donors (Lipinski definition) is 2. The molecule has 0 bridgehead atoms. The fraction of sp³-hybridized carbons (Fsp3) is 0.471. The number of benzene rings is 1. The van der Waals surface area contributed by atoms with Crippen LogP contribution in [-0.4, -0.2) is 45.4 Å². The lowest BCUT2D eigenvalue weighted by Crippen LogP contribution is -2.52. The van der Waals surface area contributed by atoms with Crippen molar-refractivity contribution in [2.45, 2.75) is 91.9 Å². The van der Waals surface area contributed by atoms with E-state index < -0.39 is 40.9 Å². The highest BCUT2D eigenvalue weighted by Gasteiger charge is 2.32. The van der Waals surface area contributed by atoms with Gasteiger partial charge in [0, 0.05) is 17.4 Å². The van der Waals surface area contributed by atoms with Crippen molar-refractivity contribution in [3.8, 4) is 17.0 Å². The van der Waals surface area contributed by atoms with Crippen LogP contribution in [0.15, 0.2) is 54.7 Å². The lowest BCUT2D eigenvalue weighted by molar-refractivity contribution is 0.00690. The Balaban J connectivity index is 1.77. The third-order valence-corrected chi connectivity index (χ3v) is 6.15. The van der Waals surface area contributed by atoms with Crippen LogP contribution in [0.4, 0.5) is 25.1 Å². The monoisotopic (exact) mass is 626 g/mol. The SMILES string of the molecule is CC(C)C[C@@](C)(COc1ccc(-c2ccnc(Nc3ccc(C(=O)OC(C)(C)C)cc3)c2)nc1C(F)F)NC(=O)OC(C)(C)C. The molecule has 0 fully saturated rings. The summed E-state index contributed by atoms with van der Waals surface area (Å²) in [6.45, 7) is 16.4. The van der Waals surface area contributed by atoms with Gasteiger partial charge in [0.05, 0.1) is 16.8 Å². The van der Waals surface area contributed by atoms with Gasteiger partial charge in [-0.1, -0.05) is 13.8 Å². The number of ether oxygens (including phenoxy) is 3. The fourth-order valence-corrected chi connectivity index (χ4v) is 4.57. The summed E-state index contributed by atoms with van der Waals surface area (Å²) in [5.41, 5.74) is -0.751. The molecule has 0 saturated heterocycles. The Morgan fingerprint density at radius 1 is 0.889 bits per heavy atom. The van der Waals surface area contributed by atoms with Gasteiger partial charge in [-0.15, -0.1) is 0 Å². The summed E-state index contributed by atoms with van der Waals surface area (Å²) in [7, 11) is 0. The second-order valence-electron chi connectivity index (χ2n) is 13.6. The molecular weight excluding hydrogens is 582 g/mol. The molecule has 2 aromatic heterocycles. The summed E-state index contributed by atoms with van der Waals surface area (Å²) in [4.78, 5) is 33.4. The molecule has 244 valence electrons. The number of carbonyl (C=O) groups is 2. The van der Waals surface area contributed by atoms with E-state index in [4.69, 9.17) is 14.2 Å². The van der Waals surface area contributed by atoms with Crippen molar-refractivity contribution in [3.63, 3.8) is 0 Å². The van der Waals surface area contributed by atoms with E-state index in [0.717, 1.165) is 0 Å². The Hall–Kier alpha value is -4.28. The largest absolute Gasteiger partial charge is 0.489 e. The van der Waals surface area contributed by atoms with Crippen LogP contribution in [0.5, 0.6) is 5.75 Å². The number of aromatic nitrogens is 2. The van der Waals surface area contributed by atoms with Gasteiger partial charge in [0.1, 0.15) is 35.1 Å². The summed E-state index contributed by atoms with van der Waals surface area (Å²) in [6.07, 6.45) is -1.45. The van der Waals surface area contributed by atoms with Crippen molar-refractivity contribution in [3.05, 3.63) is 66.0 Å². The lowest BCUT2D eigenvalue weighted by Gasteiger charge is -2.33. The van der Waals surface area contributed by atoms with Crippen LogP contribution in [0, 0.1) is 5.92 Å². The van der Waals surface area contributed by atoms with Gasteiger partial charge in [-0.05, 0) is 109 Å². The van der Waals surface area contributed by atoms with Gasteiger partial charge in [-0.3, -0.25) is 0 Å². The third kappa shape index (κ3) is 11.3. The zero-order valence-electron chi connectivity index (χ0n) is 27.5. The quantitative estimate of drug-likeness (QED) is 0.204. The van der Waals surface area contributed by atoms with Crippen LogP contribution in [0.25, 0.3) is 11.3 Å². The Morgan fingerprint density at radius 2 is 1.53 bits per heavy atom. The first-order valence-electron chi connectivity index (χ1n) is 14.8. The van der Waals surface area contributed by atoms with Crippen LogP contribution < -0.4 is 15.4 Å². The van der Waals surface area contributed by atoms with Crippen molar-refractivity contribution in [2.75, 3.05) is 11.9 Å². The standard InChI is InChI=1S/C34H44F2N4O5/c1-21(2)19-34(9,40-31(42)45-33(6,7)8)20-43-26-15-14-25(39-28(26)29(35)36)23-16-17-37-27(18-23)38-24-12-10-22(11-13-24)30(41)44-32(3,4)5/h10-18,21,29H,19-20H2,1-9H3,(H,37,38)(H,40,42)/t34-/m0/s1. The average Bonchev–Trinajstić information content (AvgIpc) is 2.90. The number of nitrogens with one attached hydrogen (secondary N) is 2. The van der Waals surface area contributed by atoms with E-state index in [2.05, 4.69) is 20.6 Å². The van der Waals surface area contributed by atoms with E-state index in [1.165, 1.54) is 6.07 Å². The summed E-state index contributed by atoms with van der Waals surface area (Å²) in [5, 5.41) is 6.00. The number of alkyl halides is 2. The maximum atomic E-state index is 14.2. The molecule has 2 heterocycles. The molecule has 3 aromatic rings. The first kappa shape index (κ1) is 35.2. The van der Waals surface area contributed by atoms with Crippen molar-refractivity contribution >= 4 is 23.6 Å². The van der Waals surface area contributed by atoms with E-state index in [1.807, 2.05) is 13.8 Å². The van der Waals surface area contributed by atoms with Gasteiger partial charge in [-0.2, -0.15) is 0 Å². The number of carbonyl (C=O) groups excluding carboxylic acids is 2. The smallest absolute Gasteiger partial charge is 0.408 e. The van der Waals surface area contributed by atoms with Gasteiger partial charge in [-0.25, -0.2) is 28.3 Å². The number of alkyl carbamates (subject to hydrolysis) is 1. The number of hydrogen-bond acceptors (Lipinski definition) is 8. The minimum absolute atomic E-state index is 0.0682. The topological polar surface area (TPSA) is 112 Å². The normalized spacial score (nSPS) is 13.3. The molecule has 3 rings (SSSR count). The third-order valence-electron chi connectivity index (χ3n) is 6.15.